The second-order valence-corrected chi connectivity index (χ2v) is 17.4. The minimum Gasteiger partial charge on any atom is -0.465 e. The summed E-state index contributed by atoms with van der Waals surface area (Å²) in [5.41, 5.74) is 5.96. The molecule has 2 atom stereocenters. The molecule has 0 bridgehead atoms. The summed E-state index contributed by atoms with van der Waals surface area (Å²) in [6, 6.07) is 0. The van der Waals surface area contributed by atoms with E-state index in [1.54, 1.807) is 0 Å². The number of unbranched alkanes of at least 4 members (excludes halogenated alkanes) is 26. The molecule has 56 heavy (non-hydrogen) atoms. The van der Waals surface area contributed by atoms with Crippen molar-refractivity contribution in [3.63, 3.8) is 0 Å². The maximum atomic E-state index is 12.9. The zero-order valence-corrected chi connectivity index (χ0v) is 38.5. The number of nitrogens with two attached hydrogens (primary N) is 1. The Kier molecular flexibility index (Phi) is 44.0. The highest BCUT2D eigenvalue weighted by molar-refractivity contribution is 5.72. The van der Waals surface area contributed by atoms with Crippen molar-refractivity contribution in [1.82, 2.24) is 4.90 Å². The topological polar surface area (TPSA) is 81.9 Å². The fourth-order valence-electron chi connectivity index (χ4n) is 8.13. The molecule has 0 aromatic rings. The van der Waals surface area contributed by atoms with Crippen LogP contribution < -0.4 is 5.73 Å². The molecule has 2 unspecified atom stereocenters. The normalized spacial score (nSPS) is 12.7. The quantitative estimate of drug-likeness (QED) is 0.0488. The lowest BCUT2D eigenvalue weighted by Gasteiger charge is -2.21. The summed E-state index contributed by atoms with van der Waals surface area (Å²) in [7, 11) is 0. The van der Waals surface area contributed by atoms with Crippen LogP contribution in [0, 0.1) is 11.8 Å². The minimum atomic E-state index is 0.0725. The first-order chi connectivity index (χ1) is 27.5. The molecule has 0 aromatic heterocycles. The summed E-state index contributed by atoms with van der Waals surface area (Å²) in [4.78, 5) is 28.4. The Labute approximate surface area is 350 Å². The van der Waals surface area contributed by atoms with Gasteiger partial charge in [-0.3, -0.25) is 9.59 Å². The van der Waals surface area contributed by atoms with Crippen LogP contribution in [0.15, 0.2) is 0 Å². The largest absolute Gasteiger partial charge is 0.465 e. The van der Waals surface area contributed by atoms with Gasteiger partial charge >= 0.3 is 11.9 Å². The molecule has 0 aliphatic carbocycles. The van der Waals surface area contributed by atoms with Crippen LogP contribution in [0.2, 0.25) is 0 Å². The van der Waals surface area contributed by atoms with Crippen LogP contribution in [-0.4, -0.2) is 56.2 Å². The van der Waals surface area contributed by atoms with Crippen LogP contribution >= 0.6 is 0 Å². The Hall–Kier alpha value is -1.14. The third-order valence-electron chi connectivity index (χ3n) is 12.0. The molecular weight excluding hydrogens is 693 g/mol. The summed E-state index contributed by atoms with van der Waals surface area (Å²) >= 11 is 0. The number of ether oxygens (including phenoxy) is 2. The Bertz CT molecular complexity index is 746. The van der Waals surface area contributed by atoms with Gasteiger partial charge in [0.25, 0.3) is 0 Å². The van der Waals surface area contributed by atoms with Crippen molar-refractivity contribution >= 4 is 11.9 Å². The monoisotopic (exact) mass is 793 g/mol. The van der Waals surface area contributed by atoms with Crippen LogP contribution in [0.4, 0.5) is 0 Å². The van der Waals surface area contributed by atoms with Gasteiger partial charge in [0.2, 0.25) is 0 Å². The fourth-order valence-corrected chi connectivity index (χ4v) is 8.13. The lowest BCUT2D eigenvalue weighted by molar-refractivity contribution is -0.150. The van der Waals surface area contributed by atoms with Crippen molar-refractivity contribution in [3.05, 3.63) is 0 Å². The van der Waals surface area contributed by atoms with Crippen LogP contribution in [0.3, 0.4) is 0 Å². The molecule has 0 aliphatic heterocycles. The van der Waals surface area contributed by atoms with Gasteiger partial charge in [0.1, 0.15) is 0 Å². The van der Waals surface area contributed by atoms with Crippen LogP contribution in [-0.2, 0) is 19.1 Å². The highest BCUT2D eigenvalue weighted by Crippen LogP contribution is 2.22. The zero-order chi connectivity index (χ0) is 41.0. The second-order valence-electron chi connectivity index (χ2n) is 17.4. The molecule has 0 rings (SSSR count). The Morgan fingerprint density at radius 1 is 0.375 bits per heavy atom. The number of hydrogen-bond donors (Lipinski definition) is 1. The molecule has 0 amide bonds. The number of carbonyl (C=O) groups excluding carboxylic acids is 2. The van der Waals surface area contributed by atoms with Crippen molar-refractivity contribution in [2.24, 2.45) is 17.6 Å². The first-order valence-electron chi connectivity index (χ1n) is 25.3. The third kappa shape index (κ3) is 37.2. The number of carbonyl (C=O) groups is 2. The summed E-state index contributed by atoms with van der Waals surface area (Å²) in [5, 5.41) is 0. The van der Waals surface area contributed by atoms with Crippen molar-refractivity contribution < 1.29 is 19.1 Å². The van der Waals surface area contributed by atoms with Gasteiger partial charge in [0.05, 0.1) is 25.0 Å². The highest BCUT2D eigenvalue weighted by atomic mass is 16.5. The summed E-state index contributed by atoms with van der Waals surface area (Å²) in [6.45, 7) is 14.2. The van der Waals surface area contributed by atoms with Gasteiger partial charge in [-0.05, 0) is 64.5 Å². The molecule has 0 aromatic carbocycles. The van der Waals surface area contributed by atoms with Gasteiger partial charge in [-0.1, -0.05) is 207 Å². The van der Waals surface area contributed by atoms with E-state index in [9.17, 15) is 9.59 Å². The predicted molar refractivity (Wildman–Crippen MR) is 243 cm³/mol. The van der Waals surface area contributed by atoms with E-state index < -0.39 is 0 Å². The van der Waals surface area contributed by atoms with Gasteiger partial charge < -0.3 is 20.1 Å². The predicted octanol–water partition coefficient (Wildman–Crippen LogP) is 14.7. The summed E-state index contributed by atoms with van der Waals surface area (Å²) in [6.07, 6.45) is 43.5. The second kappa shape index (κ2) is 45.0. The molecule has 0 fully saturated rings. The van der Waals surface area contributed by atoms with E-state index in [4.69, 9.17) is 15.2 Å². The fraction of sp³-hybridized carbons (Fsp3) is 0.960. The smallest absolute Gasteiger partial charge is 0.308 e. The number of esters is 2. The molecular formula is C50H100N2O4. The molecule has 0 spiro atoms. The van der Waals surface area contributed by atoms with E-state index in [-0.39, 0.29) is 23.8 Å². The number of hydrogen-bond acceptors (Lipinski definition) is 6. The van der Waals surface area contributed by atoms with E-state index >= 15 is 0 Å². The van der Waals surface area contributed by atoms with Crippen molar-refractivity contribution in [2.75, 3.05) is 39.4 Å². The summed E-state index contributed by atoms with van der Waals surface area (Å²) < 4.78 is 11.6. The summed E-state index contributed by atoms with van der Waals surface area (Å²) in [5.74, 6) is 0.367. The molecule has 0 heterocycles. The van der Waals surface area contributed by atoms with E-state index in [0.717, 1.165) is 90.4 Å². The average molecular weight is 793 g/mol. The van der Waals surface area contributed by atoms with Gasteiger partial charge in [-0.15, -0.1) is 0 Å². The lowest BCUT2D eigenvalue weighted by atomic mass is 9.94. The zero-order valence-electron chi connectivity index (χ0n) is 38.5. The molecule has 0 radical (unpaired) electrons. The Morgan fingerprint density at radius 3 is 0.964 bits per heavy atom. The maximum absolute atomic E-state index is 12.9. The van der Waals surface area contributed by atoms with E-state index in [2.05, 4.69) is 32.6 Å². The Morgan fingerprint density at radius 2 is 0.643 bits per heavy atom. The standard InChI is InChI=1S/C50H100N2O4/c1-5-9-13-17-23-31-39-47(37-29-15-11-7-3)49(53)55-45-35-27-21-19-25-33-42-52(44-41-51)43-34-26-20-22-28-36-46-56-50(54)48(38-30-16-12-8-4)40-32-24-18-14-10-6-2/h47-48H,5-46,51H2,1-4H3. The first-order valence-corrected chi connectivity index (χ1v) is 25.3. The van der Waals surface area contributed by atoms with E-state index in [1.165, 1.54) is 167 Å². The minimum absolute atomic E-state index is 0.0725. The van der Waals surface area contributed by atoms with Gasteiger partial charge in [0, 0.05) is 13.1 Å². The van der Waals surface area contributed by atoms with Crippen LogP contribution in [0.25, 0.3) is 0 Å². The number of rotatable bonds is 46. The van der Waals surface area contributed by atoms with Crippen molar-refractivity contribution in [3.8, 4) is 0 Å². The number of nitrogens with zero attached hydrogens (tertiary/aromatic N) is 1. The SMILES string of the molecule is CCCCCCCCC(CCCCCC)C(=O)OCCCCCCCCN(CCN)CCCCCCCCOC(=O)C(CCCCCC)CCCCCCCC. The van der Waals surface area contributed by atoms with Crippen LogP contribution in [0.5, 0.6) is 0 Å². The first kappa shape index (κ1) is 54.9. The van der Waals surface area contributed by atoms with Crippen molar-refractivity contribution in [1.29, 1.82) is 0 Å². The van der Waals surface area contributed by atoms with Crippen LogP contribution in [0.1, 0.15) is 259 Å². The molecule has 2 N–H and O–H groups in total. The lowest BCUT2D eigenvalue weighted by Crippen LogP contribution is -2.31. The Balaban J connectivity index is 4.04. The molecule has 0 aliphatic rings. The van der Waals surface area contributed by atoms with E-state index in [1.807, 2.05) is 0 Å². The highest BCUT2D eigenvalue weighted by Gasteiger charge is 2.20. The molecule has 0 saturated heterocycles. The molecule has 6 heteroatoms. The average Bonchev–Trinajstić information content (AvgIpc) is 3.20. The molecule has 0 saturated carbocycles. The maximum Gasteiger partial charge on any atom is 0.308 e. The third-order valence-corrected chi connectivity index (χ3v) is 12.0. The van der Waals surface area contributed by atoms with Crippen molar-refractivity contribution in [2.45, 2.75) is 259 Å². The van der Waals surface area contributed by atoms with E-state index in [0.29, 0.717) is 13.2 Å². The van der Waals surface area contributed by atoms with Gasteiger partial charge in [-0.25, -0.2) is 0 Å². The van der Waals surface area contributed by atoms with Gasteiger partial charge in [-0.2, -0.15) is 0 Å². The molecule has 6 nitrogen and oxygen atoms in total. The van der Waals surface area contributed by atoms with Gasteiger partial charge in [0.15, 0.2) is 0 Å². The molecule has 334 valence electrons.